The van der Waals surface area contributed by atoms with Crippen LogP contribution in [-0.2, 0) is 28.2 Å². The fraction of sp³-hybridized carbons (Fsp3) is 0.636. The first-order chi connectivity index (χ1) is 8.85. The van der Waals surface area contributed by atoms with E-state index in [4.69, 9.17) is 4.74 Å². The van der Waals surface area contributed by atoms with Crippen molar-refractivity contribution in [2.45, 2.75) is 13.5 Å². The second-order valence-electron chi connectivity index (χ2n) is 4.16. The van der Waals surface area contributed by atoms with E-state index in [0.29, 0.717) is 31.0 Å². The van der Waals surface area contributed by atoms with Gasteiger partial charge in [0, 0.05) is 26.4 Å². The van der Waals surface area contributed by atoms with E-state index in [9.17, 15) is 13.2 Å². The number of aromatic nitrogens is 2. The highest BCUT2D eigenvalue weighted by Crippen LogP contribution is 2.09. The van der Waals surface area contributed by atoms with Gasteiger partial charge in [-0.15, -0.1) is 0 Å². The van der Waals surface area contributed by atoms with Crippen LogP contribution in [0.25, 0.3) is 0 Å². The average Bonchev–Trinajstić information content (AvgIpc) is 2.65. The fourth-order valence-electron chi connectivity index (χ4n) is 1.52. The molecule has 0 aliphatic carbocycles. The lowest BCUT2D eigenvalue weighted by Gasteiger charge is -2.07. The lowest BCUT2D eigenvalue weighted by molar-refractivity contribution is 0.0524. The van der Waals surface area contributed by atoms with Gasteiger partial charge in [0.15, 0.2) is 0 Å². The number of sulfone groups is 1. The van der Waals surface area contributed by atoms with Crippen LogP contribution in [0.1, 0.15) is 23.0 Å². The fourth-order valence-corrected chi connectivity index (χ4v) is 2.03. The number of nitrogens with one attached hydrogen (secondary N) is 1. The lowest BCUT2D eigenvalue weighted by Crippen LogP contribution is -2.24. The van der Waals surface area contributed by atoms with Crippen molar-refractivity contribution in [1.82, 2.24) is 15.1 Å². The Morgan fingerprint density at radius 3 is 2.79 bits per heavy atom. The van der Waals surface area contributed by atoms with Crippen molar-refractivity contribution in [3.8, 4) is 0 Å². The van der Waals surface area contributed by atoms with Crippen molar-refractivity contribution >= 4 is 15.8 Å². The van der Waals surface area contributed by atoms with Crippen molar-refractivity contribution in [2.75, 3.05) is 25.2 Å². The minimum absolute atomic E-state index is 0.0551. The number of ether oxygens (including phenoxy) is 1. The Labute approximate surface area is 112 Å². The quantitative estimate of drug-likeness (QED) is 0.549. The first kappa shape index (κ1) is 15.6. The molecule has 7 nitrogen and oxygen atoms in total. The summed E-state index contributed by atoms with van der Waals surface area (Å²) in [4.78, 5) is 11.7. The molecule has 108 valence electrons. The standard InChI is InChI=1S/C11H19N3O4S/c1-4-18-11(15)9-7-13-14(2)10(9)8-12-5-6-19(3,16)17/h7,12H,4-6,8H2,1-3H3. The number of hydrogen-bond donors (Lipinski definition) is 1. The molecular formula is C11H19N3O4S. The van der Waals surface area contributed by atoms with Crippen molar-refractivity contribution in [3.63, 3.8) is 0 Å². The van der Waals surface area contributed by atoms with Crippen LogP contribution in [0.4, 0.5) is 0 Å². The highest BCUT2D eigenvalue weighted by Gasteiger charge is 2.16. The zero-order chi connectivity index (χ0) is 14.5. The molecule has 0 saturated carbocycles. The molecule has 1 rings (SSSR count). The van der Waals surface area contributed by atoms with E-state index in [2.05, 4.69) is 10.4 Å². The molecule has 0 fully saturated rings. The summed E-state index contributed by atoms with van der Waals surface area (Å²) < 4.78 is 28.5. The van der Waals surface area contributed by atoms with E-state index < -0.39 is 15.8 Å². The van der Waals surface area contributed by atoms with Gasteiger partial charge in [0.1, 0.15) is 15.4 Å². The van der Waals surface area contributed by atoms with Gasteiger partial charge in [-0.05, 0) is 6.92 Å². The van der Waals surface area contributed by atoms with Gasteiger partial charge >= 0.3 is 5.97 Å². The van der Waals surface area contributed by atoms with Gasteiger partial charge in [-0.3, -0.25) is 4.68 Å². The Morgan fingerprint density at radius 2 is 2.21 bits per heavy atom. The van der Waals surface area contributed by atoms with Crippen LogP contribution in [0.3, 0.4) is 0 Å². The maximum Gasteiger partial charge on any atom is 0.341 e. The average molecular weight is 289 g/mol. The minimum atomic E-state index is -2.99. The largest absolute Gasteiger partial charge is 0.462 e. The summed E-state index contributed by atoms with van der Waals surface area (Å²) in [6.07, 6.45) is 2.63. The zero-order valence-electron chi connectivity index (χ0n) is 11.3. The second-order valence-corrected chi connectivity index (χ2v) is 6.42. The van der Waals surface area contributed by atoms with Crippen LogP contribution in [0.5, 0.6) is 0 Å². The number of rotatable bonds is 7. The summed E-state index contributed by atoms with van der Waals surface area (Å²) in [7, 11) is -1.27. The van der Waals surface area contributed by atoms with E-state index in [0.717, 1.165) is 0 Å². The Balaban J connectivity index is 2.62. The number of hydrogen-bond acceptors (Lipinski definition) is 6. The van der Waals surface area contributed by atoms with Gasteiger partial charge in [0.2, 0.25) is 0 Å². The summed E-state index contributed by atoms with van der Waals surface area (Å²) in [6.45, 7) is 2.72. The molecule has 0 radical (unpaired) electrons. The number of carbonyl (C=O) groups excluding carboxylic acids is 1. The van der Waals surface area contributed by atoms with Crippen LogP contribution in [0.15, 0.2) is 6.20 Å². The van der Waals surface area contributed by atoms with Crippen molar-refractivity contribution in [3.05, 3.63) is 17.5 Å². The third-order valence-corrected chi connectivity index (χ3v) is 3.44. The van der Waals surface area contributed by atoms with Gasteiger partial charge < -0.3 is 10.1 Å². The maximum absolute atomic E-state index is 11.7. The number of aryl methyl sites for hydroxylation is 1. The molecule has 0 bridgehead atoms. The topological polar surface area (TPSA) is 90.3 Å². The molecule has 0 spiro atoms. The number of nitrogens with zero attached hydrogens (tertiary/aromatic N) is 2. The minimum Gasteiger partial charge on any atom is -0.462 e. The predicted octanol–water partition coefficient (Wildman–Crippen LogP) is -0.269. The summed E-state index contributed by atoms with van der Waals surface area (Å²) in [5.74, 6) is -0.366. The molecular weight excluding hydrogens is 270 g/mol. The van der Waals surface area contributed by atoms with Crippen LogP contribution in [-0.4, -0.2) is 49.3 Å². The van der Waals surface area contributed by atoms with E-state index in [-0.39, 0.29) is 5.75 Å². The van der Waals surface area contributed by atoms with E-state index in [1.165, 1.54) is 12.5 Å². The number of esters is 1. The van der Waals surface area contributed by atoms with Crippen LogP contribution < -0.4 is 5.32 Å². The molecule has 0 aromatic carbocycles. The van der Waals surface area contributed by atoms with Gasteiger partial charge in [-0.25, -0.2) is 13.2 Å². The second kappa shape index (κ2) is 6.67. The Morgan fingerprint density at radius 1 is 1.53 bits per heavy atom. The van der Waals surface area contributed by atoms with Crippen LogP contribution >= 0.6 is 0 Å². The molecule has 8 heteroatoms. The van der Waals surface area contributed by atoms with Crippen LogP contribution in [0.2, 0.25) is 0 Å². The van der Waals surface area contributed by atoms with Gasteiger partial charge in [-0.2, -0.15) is 5.10 Å². The summed E-state index contributed by atoms with van der Waals surface area (Å²) in [5.41, 5.74) is 1.07. The Hall–Kier alpha value is -1.41. The molecule has 1 N–H and O–H groups in total. The molecule has 0 saturated heterocycles. The molecule has 0 aliphatic heterocycles. The third kappa shape index (κ3) is 4.99. The van der Waals surface area contributed by atoms with Crippen molar-refractivity contribution < 1.29 is 17.9 Å². The van der Waals surface area contributed by atoms with Crippen molar-refractivity contribution in [1.29, 1.82) is 0 Å². The predicted molar refractivity (Wildman–Crippen MR) is 70.6 cm³/mol. The van der Waals surface area contributed by atoms with Gasteiger partial charge in [-0.1, -0.05) is 0 Å². The van der Waals surface area contributed by atoms with E-state index in [1.807, 2.05) is 0 Å². The Bertz CT molecular complexity index is 536. The molecule has 0 unspecified atom stereocenters. The first-order valence-electron chi connectivity index (χ1n) is 5.91. The van der Waals surface area contributed by atoms with Crippen LogP contribution in [0, 0.1) is 0 Å². The molecule has 1 aromatic rings. The maximum atomic E-state index is 11.7. The normalized spacial score (nSPS) is 11.5. The molecule has 19 heavy (non-hydrogen) atoms. The molecule has 0 aliphatic rings. The monoisotopic (exact) mass is 289 g/mol. The van der Waals surface area contributed by atoms with E-state index >= 15 is 0 Å². The van der Waals surface area contributed by atoms with Crippen molar-refractivity contribution in [2.24, 2.45) is 7.05 Å². The summed E-state index contributed by atoms with van der Waals surface area (Å²) >= 11 is 0. The smallest absolute Gasteiger partial charge is 0.341 e. The Kier molecular flexibility index (Phi) is 5.49. The molecule has 0 atom stereocenters. The number of carbonyl (C=O) groups is 1. The molecule has 1 aromatic heterocycles. The summed E-state index contributed by atoms with van der Waals surface area (Å²) in [5, 5.41) is 6.98. The molecule has 0 amide bonds. The SMILES string of the molecule is CCOC(=O)c1cnn(C)c1CNCCS(C)(=O)=O. The third-order valence-electron chi connectivity index (χ3n) is 2.50. The molecule has 1 heterocycles. The van der Waals surface area contributed by atoms with Gasteiger partial charge in [0.25, 0.3) is 0 Å². The van der Waals surface area contributed by atoms with E-state index in [1.54, 1.807) is 18.7 Å². The zero-order valence-corrected chi connectivity index (χ0v) is 12.2. The lowest BCUT2D eigenvalue weighted by atomic mass is 10.2. The van der Waals surface area contributed by atoms with Gasteiger partial charge in [0.05, 0.1) is 24.3 Å². The highest BCUT2D eigenvalue weighted by molar-refractivity contribution is 7.90. The highest BCUT2D eigenvalue weighted by atomic mass is 32.2. The first-order valence-corrected chi connectivity index (χ1v) is 7.97. The summed E-state index contributed by atoms with van der Waals surface area (Å²) in [6, 6.07) is 0.